The minimum Gasteiger partial charge on any atom is -0.381 e. The number of hydrogen-bond donors (Lipinski definition) is 1. The van der Waals surface area contributed by atoms with Gasteiger partial charge >= 0.3 is 6.03 Å². The van der Waals surface area contributed by atoms with Crippen LogP contribution in [0, 0.1) is 11.3 Å². The highest BCUT2D eigenvalue weighted by Gasteiger charge is 2.59. The van der Waals surface area contributed by atoms with E-state index in [1.165, 1.54) is 19.3 Å². The fraction of sp³-hybridized carbons (Fsp3) is 0.500. The van der Waals surface area contributed by atoms with E-state index in [0.717, 1.165) is 49.5 Å². The van der Waals surface area contributed by atoms with Crippen LogP contribution in [0.4, 0.5) is 10.5 Å². The summed E-state index contributed by atoms with van der Waals surface area (Å²) in [6.45, 7) is 2.57. The van der Waals surface area contributed by atoms with Gasteiger partial charge in [0, 0.05) is 55.2 Å². The second-order valence-electron chi connectivity index (χ2n) is 8.82. The van der Waals surface area contributed by atoms with Crippen molar-refractivity contribution in [3.63, 3.8) is 0 Å². The Morgan fingerprint density at radius 2 is 1.93 bits per heavy atom. The highest BCUT2D eigenvalue weighted by molar-refractivity contribution is 5.91. The Hall–Kier alpha value is -2.40. The lowest BCUT2D eigenvalue weighted by Gasteiger charge is -2.64. The second-order valence-corrected chi connectivity index (χ2v) is 8.82. The van der Waals surface area contributed by atoms with Crippen molar-refractivity contribution in [2.45, 2.75) is 44.6 Å². The first-order valence-corrected chi connectivity index (χ1v) is 10.9. The predicted octanol–water partition coefficient (Wildman–Crippen LogP) is 4.49. The molecule has 5 rings (SSSR count). The first-order chi connectivity index (χ1) is 14.3. The van der Waals surface area contributed by atoms with Gasteiger partial charge in [-0.1, -0.05) is 30.7 Å². The van der Waals surface area contributed by atoms with E-state index in [2.05, 4.69) is 21.3 Å². The van der Waals surface area contributed by atoms with Crippen molar-refractivity contribution < 1.29 is 9.53 Å². The quantitative estimate of drug-likeness (QED) is 0.836. The average molecular weight is 392 g/mol. The molecule has 1 atom stereocenters. The zero-order valence-electron chi connectivity index (χ0n) is 16.8. The third kappa shape index (κ3) is 3.52. The molecule has 1 aliphatic carbocycles. The van der Waals surface area contributed by atoms with Gasteiger partial charge in [-0.05, 0) is 55.4 Å². The number of para-hydroxylation sites is 1. The number of nitrogens with one attached hydrogen (secondary N) is 1. The SMILES string of the molecule is O=C(Nc1ccccc1Cc1ccccn1)N1CC2(CCC2)C1C1CCOCC1. The highest BCUT2D eigenvalue weighted by Crippen LogP contribution is 2.56. The van der Waals surface area contributed by atoms with Crippen LogP contribution in [0.15, 0.2) is 48.7 Å². The van der Waals surface area contributed by atoms with Crippen LogP contribution < -0.4 is 5.32 Å². The Bertz CT molecular complexity index is 859. The molecule has 2 saturated heterocycles. The summed E-state index contributed by atoms with van der Waals surface area (Å²) < 4.78 is 5.58. The first kappa shape index (κ1) is 18.6. The van der Waals surface area contributed by atoms with E-state index in [9.17, 15) is 4.79 Å². The number of carbonyl (C=O) groups excluding carboxylic acids is 1. The molecule has 1 N–H and O–H groups in total. The normalized spacial score (nSPS) is 23.3. The molecular formula is C24H29N3O2. The fourth-order valence-electron chi connectivity index (χ4n) is 5.50. The number of benzene rings is 1. The van der Waals surface area contributed by atoms with Crippen LogP contribution in [0.3, 0.4) is 0 Å². The van der Waals surface area contributed by atoms with E-state index in [4.69, 9.17) is 4.74 Å². The third-order valence-electron chi connectivity index (χ3n) is 7.13. The molecule has 2 aliphatic heterocycles. The molecule has 29 heavy (non-hydrogen) atoms. The summed E-state index contributed by atoms with van der Waals surface area (Å²) in [7, 11) is 0. The Kier molecular flexibility index (Phi) is 5.00. The number of anilines is 1. The summed E-state index contributed by atoms with van der Waals surface area (Å²) in [6.07, 6.45) is 8.53. The van der Waals surface area contributed by atoms with Crippen molar-refractivity contribution in [3.05, 3.63) is 59.9 Å². The van der Waals surface area contributed by atoms with E-state index in [1.807, 2.05) is 42.6 Å². The molecule has 3 aliphatic rings. The number of amides is 2. The molecule has 1 saturated carbocycles. The van der Waals surface area contributed by atoms with Gasteiger partial charge < -0.3 is 15.0 Å². The predicted molar refractivity (Wildman–Crippen MR) is 113 cm³/mol. The number of rotatable bonds is 4. The lowest BCUT2D eigenvalue weighted by atomic mass is 9.54. The maximum absolute atomic E-state index is 13.2. The van der Waals surface area contributed by atoms with Crippen molar-refractivity contribution in [1.29, 1.82) is 0 Å². The van der Waals surface area contributed by atoms with E-state index in [0.29, 0.717) is 23.8 Å². The number of pyridine rings is 1. The molecule has 1 unspecified atom stereocenters. The van der Waals surface area contributed by atoms with Crippen LogP contribution in [0.25, 0.3) is 0 Å². The molecule has 0 bridgehead atoms. The van der Waals surface area contributed by atoms with Crippen LogP contribution in [0.5, 0.6) is 0 Å². The van der Waals surface area contributed by atoms with Crippen molar-refractivity contribution in [3.8, 4) is 0 Å². The summed E-state index contributed by atoms with van der Waals surface area (Å²) >= 11 is 0. The number of carbonyl (C=O) groups is 1. The molecule has 1 spiro atoms. The molecule has 5 heteroatoms. The van der Waals surface area contributed by atoms with Crippen molar-refractivity contribution in [2.24, 2.45) is 11.3 Å². The number of hydrogen-bond acceptors (Lipinski definition) is 3. The molecule has 3 heterocycles. The van der Waals surface area contributed by atoms with Gasteiger partial charge in [0.25, 0.3) is 0 Å². The number of urea groups is 1. The van der Waals surface area contributed by atoms with Crippen LogP contribution >= 0.6 is 0 Å². The first-order valence-electron chi connectivity index (χ1n) is 10.9. The highest BCUT2D eigenvalue weighted by atomic mass is 16.5. The van der Waals surface area contributed by atoms with Gasteiger partial charge in [-0.2, -0.15) is 0 Å². The Morgan fingerprint density at radius 1 is 1.14 bits per heavy atom. The van der Waals surface area contributed by atoms with E-state index in [-0.39, 0.29) is 6.03 Å². The molecule has 3 fully saturated rings. The average Bonchev–Trinajstić information content (AvgIpc) is 2.69. The van der Waals surface area contributed by atoms with Gasteiger partial charge in [-0.15, -0.1) is 0 Å². The largest absolute Gasteiger partial charge is 0.381 e. The van der Waals surface area contributed by atoms with Gasteiger partial charge in [-0.3, -0.25) is 4.98 Å². The summed E-state index contributed by atoms with van der Waals surface area (Å²) in [6, 6.07) is 14.4. The number of ether oxygens (including phenoxy) is 1. The minimum atomic E-state index is 0.0486. The van der Waals surface area contributed by atoms with Crippen LogP contribution in [-0.4, -0.2) is 41.7 Å². The Balaban J connectivity index is 1.31. The number of aromatic nitrogens is 1. The maximum atomic E-state index is 13.2. The molecule has 152 valence electrons. The zero-order valence-corrected chi connectivity index (χ0v) is 16.8. The van der Waals surface area contributed by atoms with Crippen LogP contribution in [0.2, 0.25) is 0 Å². The van der Waals surface area contributed by atoms with Gasteiger partial charge in [-0.25, -0.2) is 4.79 Å². The smallest absolute Gasteiger partial charge is 0.322 e. The zero-order chi connectivity index (χ0) is 19.7. The van der Waals surface area contributed by atoms with Crippen molar-refractivity contribution in [1.82, 2.24) is 9.88 Å². The van der Waals surface area contributed by atoms with E-state index >= 15 is 0 Å². The molecular weight excluding hydrogens is 362 g/mol. The van der Waals surface area contributed by atoms with Crippen molar-refractivity contribution >= 4 is 11.7 Å². The molecule has 1 aromatic carbocycles. The molecule has 5 nitrogen and oxygen atoms in total. The van der Waals surface area contributed by atoms with Crippen LogP contribution in [0.1, 0.15) is 43.4 Å². The fourth-order valence-corrected chi connectivity index (χ4v) is 5.50. The second kappa shape index (κ2) is 7.79. The molecule has 2 aromatic rings. The van der Waals surface area contributed by atoms with Gasteiger partial charge in [0.1, 0.15) is 0 Å². The van der Waals surface area contributed by atoms with Gasteiger partial charge in [0.05, 0.1) is 0 Å². The maximum Gasteiger partial charge on any atom is 0.322 e. The molecule has 2 amide bonds. The standard InChI is InChI=1S/C24H29N3O2/c28-23(26-21-8-2-1-6-19(21)16-20-7-3-4-13-25-20)27-17-24(11-5-12-24)22(27)18-9-14-29-15-10-18/h1-4,6-8,13,18,22H,5,9-12,14-17H2,(H,26,28). The Labute approximate surface area is 172 Å². The van der Waals surface area contributed by atoms with E-state index < -0.39 is 0 Å². The number of likely N-dealkylation sites (tertiary alicyclic amines) is 1. The summed E-state index contributed by atoms with van der Waals surface area (Å²) in [5, 5.41) is 3.22. The molecule has 1 aromatic heterocycles. The monoisotopic (exact) mass is 391 g/mol. The van der Waals surface area contributed by atoms with E-state index in [1.54, 1.807) is 0 Å². The topological polar surface area (TPSA) is 54.5 Å². The third-order valence-corrected chi connectivity index (χ3v) is 7.13. The van der Waals surface area contributed by atoms with Gasteiger partial charge in [0.2, 0.25) is 0 Å². The van der Waals surface area contributed by atoms with Crippen LogP contribution in [-0.2, 0) is 11.2 Å². The summed E-state index contributed by atoms with van der Waals surface area (Å²) in [5.41, 5.74) is 3.38. The molecule has 0 radical (unpaired) electrons. The minimum absolute atomic E-state index is 0.0486. The lowest BCUT2D eigenvalue weighted by molar-refractivity contribution is -0.135. The number of nitrogens with zero attached hydrogens (tertiary/aromatic N) is 2. The Morgan fingerprint density at radius 3 is 2.66 bits per heavy atom. The lowest BCUT2D eigenvalue weighted by Crippen LogP contribution is -2.72. The van der Waals surface area contributed by atoms with Gasteiger partial charge in [0.15, 0.2) is 0 Å². The summed E-state index contributed by atoms with van der Waals surface area (Å²) in [4.78, 5) is 19.8. The van der Waals surface area contributed by atoms with Crippen molar-refractivity contribution in [2.75, 3.05) is 25.1 Å². The summed E-state index contributed by atoms with van der Waals surface area (Å²) in [5.74, 6) is 0.576.